The van der Waals surface area contributed by atoms with Gasteiger partial charge in [-0.3, -0.25) is 4.79 Å². The quantitative estimate of drug-likeness (QED) is 0.686. The Morgan fingerprint density at radius 2 is 1.85 bits per heavy atom. The lowest BCUT2D eigenvalue weighted by atomic mass is 10.2. The SMILES string of the molecule is O=C(Nc1ccc(F)c(Cl)c1)c1ccc(Nc2ccc3c(c2)OCO3)nc1. The number of hydrogen-bond acceptors (Lipinski definition) is 5. The normalized spacial score (nSPS) is 11.9. The molecule has 0 unspecified atom stereocenters. The van der Waals surface area contributed by atoms with E-state index >= 15 is 0 Å². The molecule has 2 heterocycles. The van der Waals surface area contributed by atoms with E-state index in [1.165, 1.54) is 24.4 Å². The highest BCUT2D eigenvalue weighted by molar-refractivity contribution is 6.31. The number of anilines is 3. The Morgan fingerprint density at radius 1 is 1.04 bits per heavy atom. The molecule has 0 aliphatic carbocycles. The van der Waals surface area contributed by atoms with E-state index in [0.717, 1.165) is 5.69 Å². The summed E-state index contributed by atoms with van der Waals surface area (Å²) in [5.41, 5.74) is 1.53. The average Bonchev–Trinajstić information content (AvgIpc) is 3.13. The Morgan fingerprint density at radius 3 is 2.63 bits per heavy atom. The molecule has 0 spiro atoms. The van der Waals surface area contributed by atoms with Gasteiger partial charge in [-0.25, -0.2) is 9.37 Å². The van der Waals surface area contributed by atoms with E-state index < -0.39 is 5.82 Å². The van der Waals surface area contributed by atoms with Gasteiger partial charge in [-0.1, -0.05) is 11.6 Å². The molecule has 2 aromatic carbocycles. The summed E-state index contributed by atoms with van der Waals surface area (Å²) in [7, 11) is 0. The molecular weight excluding hydrogens is 373 g/mol. The molecule has 0 bridgehead atoms. The maximum atomic E-state index is 13.2. The molecule has 1 aliphatic heterocycles. The highest BCUT2D eigenvalue weighted by Gasteiger charge is 2.13. The number of hydrogen-bond donors (Lipinski definition) is 2. The number of ether oxygens (including phenoxy) is 2. The summed E-state index contributed by atoms with van der Waals surface area (Å²) in [5.74, 6) is 1.00. The first kappa shape index (κ1) is 17.1. The molecule has 1 aromatic heterocycles. The first-order valence-electron chi connectivity index (χ1n) is 7.97. The second kappa shape index (κ2) is 7.13. The number of nitrogens with one attached hydrogen (secondary N) is 2. The van der Waals surface area contributed by atoms with Gasteiger partial charge in [-0.15, -0.1) is 0 Å². The molecule has 136 valence electrons. The van der Waals surface area contributed by atoms with Gasteiger partial charge in [0.15, 0.2) is 11.5 Å². The van der Waals surface area contributed by atoms with Crippen molar-refractivity contribution < 1.29 is 18.7 Å². The third-order valence-electron chi connectivity index (χ3n) is 3.85. The summed E-state index contributed by atoms with van der Waals surface area (Å²) in [5, 5.41) is 5.71. The lowest BCUT2D eigenvalue weighted by Crippen LogP contribution is -2.12. The van der Waals surface area contributed by atoms with Crippen molar-refractivity contribution in [3.05, 3.63) is 71.1 Å². The van der Waals surface area contributed by atoms with Crippen LogP contribution in [0.3, 0.4) is 0 Å². The molecule has 0 radical (unpaired) electrons. The van der Waals surface area contributed by atoms with Crippen LogP contribution in [0.5, 0.6) is 11.5 Å². The van der Waals surface area contributed by atoms with Gasteiger partial charge in [0.1, 0.15) is 11.6 Å². The lowest BCUT2D eigenvalue weighted by molar-refractivity contribution is 0.102. The Bertz CT molecular complexity index is 1010. The van der Waals surface area contributed by atoms with Gasteiger partial charge in [0.25, 0.3) is 5.91 Å². The molecular formula is C19H13ClFN3O3. The molecule has 6 nitrogen and oxygen atoms in total. The van der Waals surface area contributed by atoms with Gasteiger partial charge in [-0.2, -0.15) is 0 Å². The third-order valence-corrected chi connectivity index (χ3v) is 4.14. The van der Waals surface area contributed by atoms with Crippen LogP contribution in [-0.2, 0) is 0 Å². The van der Waals surface area contributed by atoms with Crippen LogP contribution in [0.1, 0.15) is 10.4 Å². The zero-order chi connectivity index (χ0) is 18.8. The zero-order valence-electron chi connectivity index (χ0n) is 13.8. The molecule has 0 saturated heterocycles. The van der Waals surface area contributed by atoms with Gasteiger partial charge in [-0.05, 0) is 42.5 Å². The first-order valence-corrected chi connectivity index (χ1v) is 8.35. The van der Waals surface area contributed by atoms with Crippen molar-refractivity contribution in [3.63, 3.8) is 0 Å². The maximum Gasteiger partial charge on any atom is 0.257 e. The highest BCUT2D eigenvalue weighted by atomic mass is 35.5. The topological polar surface area (TPSA) is 72.5 Å². The van der Waals surface area contributed by atoms with Crippen LogP contribution in [0.2, 0.25) is 5.02 Å². The number of halogens is 2. The molecule has 1 aliphatic rings. The van der Waals surface area contributed by atoms with Crippen molar-refractivity contribution in [2.45, 2.75) is 0 Å². The Kier molecular flexibility index (Phi) is 4.52. The number of benzene rings is 2. The van der Waals surface area contributed by atoms with Crippen molar-refractivity contribution >= 4 is 34.7 Å². The molecule has 3 aromatic rings. The van der Waals surface area contributed by atoms with E-state index in [1.54, 1.807) is 18.2 Å². The van der Waals surface area contributed by atoms with Gasteiger partial charge in [0, 0.05) is 23.6 Å². The molecule has 0 saturated carbocycles. The molecule has 0 fully saturated rings. The van der Waals surface area contributed by atoms with Gasteiger partial charge >= 0.3 is 0 Å². The summed E-state index contributed by atoms with van der Waals surface area (Å²) in [6, 6.07) is 12.7. The van der Waals surface area contributed by atoms with E-state index in [-0.39, 0.29) is 17.7 Å². The second-order valence-corrected chi connectivity index (χ2v) is 6.12. The van der Waals surface area contributed by atoms with Crippen LogP contribution in [-0.4, -0.2) is 17.7 Å². The predicted molar refractivity (Wildman–Crippen MR) is 99.4 cm³/mol. The van der Waals surface area contributed by atoms with Crippen LogP contribution < -0.4 is 20.1 Å². The van der Waals surface area contributed by atoms with Crippen LogP contribution in [0.4, 0.5) is 21.6 Å². The minimum Gasteiger partial charge on any atom is -0.454 e. The summed E-state index contributed by atoms with van der Waals surface area (Å²) >= 11 is 5.71. The third kappa shape index (κ3) is 3.78. The van der Waals surface area contributed by atoms with Gasteiger partial charge in [0.05, 0.1) is 10.6 Å². The maximum absolute atomic E-state index is 13.2. The standard InChI is InChI=1S/C19H13ClFN3O3/c20-14-7-12(2-4-15(14)21)24-19(25)11-1-6-18(22-9-11)23-13-3-5-16-17(8-13)27-10-26-16/h1-9H,10H2,(H,22,23)(H,24,25). The fraction of sp³-hybridized carbons (Fsp3) is 0.0526. The number of carbonyl (C=O) groups is 1. The minimum atomic E-state index is -0.546. The van der Waals surface area contributed by atoms with E-state index in [1.807, 2.05) is 12.1 Å². The van der Waals surface area contributed by atoms with Crippen LogP contribution in [0, 0.1) is 5.82 Å². The van der Waals surface area contributed by atoms with E-state index in [4.69, 9.17) is 21.1 Å². The van der Waals surface area contributed by atoms with Crippen LogP contribution in [0.15, 0.2) is 54.7 Å². The predicted octanol–water partition coefficient (Wildman–Crippen LogP) is 4.60. The fourth-order valence-corrected chi connectivity index (χ4v) is 2.68. The number of amides is 1. The van der Waals surface area contributed by atoms with Gasteiger partial charge < -0.3 is 20.1 Å². The van der Waals surface area contributed by atoms with Crippen LogP contribution >= 0.6 is 11.6 Å². The Balaban J connectivity index is 1.43. The van der Waals surface area contributed by atoms with Crippen molar-refractivity contribution in [2.24, 2.45) is 0 Å². The van der Waals surface area contributed by atoms with Gasteiger partial charge in [0.2, 0.25) is 6.79 Å². The lowest BCUT2D eigenvalue weighted by Gasteiger charge is -2.08. The van der Waals surface area contributed by atoms with Crippen molar-refractivity contribution in [1.29, 1.82) is 0 Å². The molecule has 27 heavy (non-hydrogen) atoms. The summed E-state index contributed by atoms with van der Waals surface area (Å²) in [6.07, 6.45) is 1.44. The smallest absolute Gasteiger partial charge is 0.257 e. The Labute approximate surface area is 158 Å². The molecule has 0 atom stereocenters. The first-order chi connectivity index (χ1) is 13.1. The summed E-state index contributed by atoms with van der Waals surface area (Å²) in [4.78, 5) is 16.5. The van der Waals surface area contributed by atoms with E-state index in [9.17, 15) is 9.18 Å². The number of nitrogens with zero attached hydrogens (tertiary/aromatic N) is 1. The number of fused-ring (bicyclic) bond motifs is 1. The number of rotatable bonds is 4. The average molecular weight is 386 g/mol. The van der Waals surface area contributed by atoms with E-state index in [2.05, 4.69) is 15.6 Å². The highest BCUT2D eigenvalue weighted by Crippen LogP contribution is 2.34. The molecule has 1 amide bonds. The summed E-state index contributed by atoms with van der Waals surface area (Å²) in [6.45, 7) is 0.208. The molecule has 4 rings (SSSR count). The van der Waals surface area contributed by atoms with Crippen molar-refractivity contribution in [2.75, 3.05) is 17.4 Å². The van der Waals surface area contributed by atoms with E-state index in [0.29, 0.717) is 28.6 Å². The Hall–Kier alpha value is -3.32. The largest absolute Gasteiger partial charge is 0.454 e. The zero-order valence-corrected chi connectivity index (χ0v) is 14.6. The number of pyridine rings is 1. The monoisotopic (exact) mass is 385 g/mol. The molecule has 8 heteroatoms. The fourth-order valence-electron chi connectivity index (χ4n) is 2.50. The minimum absolute atomic E-state index is 0.0609. The second-order valence-electron chi connectivity index (χ2n) is 5.71. The van der Waals surface area contributed by atoms with Crippen molar-refractivity contribution in [1.82, 2.24) is 4.98 Å². The van der Waals surface area contributed by atoms with Crippen LogP contribution in [0.25, 0.3) is 0 Å². The number of aromatic nitrogens is 1. The van der Waals surface area contributed by atoms with Crippen molar-refractivity contribution in [3.8, 4) is 11.5 Å². The molecule has 2 N–H and O–H groups in total. The number of carbonyl (C=O) groups excluding carboxylic acids is 1. The summed E-state index contributed by atoms with van der Waals surface area (Å²) < 4.78 is 23.8.